The standard InChI is InChI=1S/2C25H26N4O2.2C24H24N4O2/c1-15-6-9-22(27-13-15)31-21-12-18-11-20(21)29(14-18)25(30)24-19(8-7-17(3)28-24)23-16(2)5-4-10-26-23;1-15-6-7-21(28-13-15)31-20-12-18-11-19(20)29(14-18)25(30)24-22(16(2)8-10-27-24)23-17(3)5-4-9-26-23;1-15-7-8-21(27-13-15)30-20-12-17-11-19(20)28(14-17)24(29)18-6-4-10-26-23(18)22-16(2)5-3-9-25-22;1-15-7-8-21(27-13-15)30-20-12-17-11-19(20)28(14-17)24(29)23-18(6-4-10-26-23)22-16(2)5-3-9-25-22/h4-10,13,18,20-21H,11-12,14H2,1-3H3;4-10,13,18-20H,11-12,14H2,1-3H3;2*3-10,13,17,19-20H,11-12,14H2,1-2H3. The molecule has 24 nitrogen and oxygen atoms in total. The molecule has 8 fully saturated rings. The lowest BCUT2D eigenvalue weighted by Gasteiger charge is -2.33. The van der Waals surface area contributed by atoms with Gasteiger partial charge in [-0.2, -0.15) is 0 Å². The predicted octanol–water partition coefficient (Wildman–Crippen LogP) is 16.0. The minimum Gasteiger partial charge on any atom is -0.472 e. The number of likely N-dealkylation sites (tertiary alicyclic amines) is 4. The van der Waals surface area contributed by atoms with Crippen molar-refractivity contribution in [1.82, 2.24) is 79.4 Å². The van der Waals surface area contributed by atoms with Gasteiger partial charge in [0.15, 0.2) is 0 Å². The molecule has 4 saturated heterocycles. The van der Waals surface area contributed by atoms with Gasteiger partial charge in [0.1, 0.15) is 47.2 Å². The zero-order chi connectivity index (χ0) is 84.4. The molecule has 0 radical (unpaired) electrons. The lowest BCUT2D eigenvalue weighted by atomic mass is 9.99. The smallest absolute Gasteiger partial charge is 0.273 e. The van der Waals surface area contributed by atoms with Crippen LogP contribution in [0.2, 0.25) is 0 Å². The van der Waals surface area contributed by atoms with Crippen LogP contribution in [0.25, 0.3) is 45.2 Å². The molecule has 620 valence electrons. The number of ether oxygens (including phenoxy) is 4. The zero-order valence-corrected chi connectivity index (χ0v) is 70.5. The van der Waals surface area contributed by atoms with E-state index in [0.29, 0.717) is 75.5 Å². The number of piperidine rings is 4. The van der Waals surface area contributed by atoms with Crippen molar-refractivity contribution in [3.05, 3.63) is 286 Å². The number of carbonyl (C=O) groups is 4. The van der Waals surface area contributed by atoms with E-state index in [4.69, 9.17) is 18.9 Å². The highest BCUT2D eigenvalue weighted by atomic mass is 16.5. The predicted molar refractivity (Wildman–Crippen MR) is 462 cm³/mol. The van der Waals surface area contributed by atoms with Gasteiger partial charge in [-0.25, -0.2) is 24.9 Å². The second kappa shape index (κ2) is 35.3. The lowest BCUT2D eigenvalue weighted by molar-refractivity contribution is 0.0459. The number of fused-ring (bicyclic) bond motifs is 8. The second-order valence-corrected chi connectivity index (χ2v) is 33.9. The molecule has 8 bridgehead atoms. The first-order chi connectivity index (χ1) is 59.2. The number of aromatic nitrogens is 12. The fourth-order valence-corrected chi connectivity index (χ4v) is 19.1. The Hall–Kier alpha value is -13.1. The first-order valence-corrected chi connectivity index (χ1v) is 42.3. The highest BCUT2D eigenvalue weighted by molar-refractivity contribution is 6.02. The summed E-state index contributed by atoms with van der Waals surface area (Å²) >= 11 is 0. The molecule has 16 heterocycles. The lowest BCUT2D eigenvalue weighted by Crippen LogP contribution is -2.47. The number of nitrogens with zero attached hydrogens (tertiary/aromatic N) is 16. The quantitative estimate of drug-likeness (QED) is 0.0869. The molecule has 12 aromatic rings. The van der Waals surface area contributed by atoms with Gasteiger partial charge in [-0.15, -0.1) is 0 Å². The van der Waals surface area contributed by atoms with E-state index in [-0.39, 0.29) is 72.2 Å². The number of aryl methyl sites for hydroxylation is 10. The van der Waals surface area contributed by atoms with Crippen LogP contribution in [0.3, 0.4) is 0 Å². The Morgan fingerprint density at radius 1 is 0.287 bits per heavy atom. The number of carbonyl (C=O) groups excluding carboxylic acids is 4. The van der Waals surface area contributed by atoms with E-state index in [1.165, 1.54) is 0 Å². The van der Waals surface area contributed by atoms with Crippen LogP contribution in [0.4, 0.5) is 0 Å². The largest absolute Gasteiger partial charge is 0.472 e. The van der Waals surface area contributed by atoms with Crippen molar-refractivity contribution < 1.29 is 38.1 Å². The van der Waals surface area contributed by atoms with Gasteiger partial charge >= 0.3 is 0 Å². The molecule has 20 rings (SSSR count). The fraction of sp³-hybridized carbons (Fsp3) is 0.347. The monoisotopic (exact) mass is 1630 g/mol. The van der Waals surface area contributed by atoms with Crippen LogP contribution in [0, 0.1) is 92.9 Å². The van der Waals surface area contributed by atoms with Crippen molar-refractivity contribution >= 4 is 23.6 Å². The number of amides is 4. The maximum atomic E-state index is 13.7. The molecule has 12 aromatic heterocycles. The van der Waals surface area contributed by atoms with Crippen molar-refractivity contribution in [2.75, 3.05) is 26.2 Å². The van der Waals surface area contributed by atoms with Crippen LogP contribution in [-0.4, -0.2) is 178 Å². The first-order valence-electron chi connectivity index (χ1n) is 42.3. The molecule has 12 atom stereocenters. The summed E-state index contributed by atoms with van der Waals surface area (Å²) in [5, 5.41) is 0. The van der Waals surface area contributed by atoms with E-state index in [2.05, 4.69) is 59.8 Å². The third-order valence-corrected chi connectivity index (χ3v) is 25.0. The van der Waals surface area contributed by atoms with E-state index < -0.39 is 0 Å². The summed E-state index contributed by atoms with van der Waals surface area (Å²) in [6, 6.07) is 44.7. The molecule has 0 N–H and O–H groups in total. The van der Waals surface area contributed by atoms with Crippen LogP contribution in [-0.2, 0) is 0 Å². The topological polar surface area (TPSA) is 273 Å². The molecule has 8 aliphatic rings. The van der Waals surface area contributed by atoms with Gasteiger partial charge < -0.3 is 38.5 Å². The second-order valence-electron chi connectivity index (χ2n) is 33.9. The summed E-state index contributed by atoms with van der Waals surface area (Å²) in [5.74, 6) is 4.18. The van der Waals surface area contributed by atoms with Crippen molar-refractivity contribution in [3.8, 4) is 68.7 Å². The maximum Gasteiger partial charge on any atom is 0.273 e. The Morgan fingerprint density at radius 3 is 1.02 bits per heavy atom. The average Bonchev–Trinajstić information content (AvgIpc) is 1.63. The summed E-state index contributed by atoms with van der Waals surface area (Å²) in [6.45, 7) is 23.0. The minimum absolute atomic E-state index is 0.000758. The number of hydrogen-bond acceptors (Lipinski definition) is 20. The maximum absolute atomic E-state index is 13.7. The molecule has 0 spiro atoms. The molecule has 4 aliphatic heterocycles. The van der Waals surface area contributed by atoms with Gasteiger partial charge in [0, 0.05) is 141 Å². The van der Waals surface area contributed by atoms with Gasteiger partial charge in [0.25, 0.3) is 23.6 Å². The van der Waals surface area contributed by atoms with Crippen molar-refractivity contribution in [3.63, 3.8) is 0 Å². The Morgan fingerprint density at radius 2 is 0.623 bits per heavy atom. The van der Waals surface area contributed by atoms with E-state index in [9.17, 15) is 19.2 Å². The molecular formula is C98H100N16O8. The van der Waals surface area contributed by atoms with Crippen LogP contribution in [0.15, 0.2) is 208 Å². The number of rotatable bonds is 16. The molecule has 4 saturated carbocycles. The molecule has 24 heteroatoms. The summed E-state index contributed by atoms with van der Waals surface area (Å²) in [5.41, 5.74) is 18.5. The zero-order valence-electron chi connectivity index (χ0n) is 70.5. The fourth-order valence-electron chi connectivity index (χ4n) is 19.1. The van der Waals surface area contributed by atoms with E-state index in [1.807, 2.05) is 247 Å². The SMILES string of the molecule is Cc1ccc(OC2CC3CC2N(C(=O)c2cccnc2-c2ncccc2C)C3)nc1.Cc1ccc(OC2CC3CC2N(C(=O)c2nc(C)ccc2-c2ncccc2C)C3)nc1.Cc1ccc(OC2CC3CC2N(C(=O)c2nccc(C)c2-c2ncccc2C)C3)nc1.Cc1ccc(OC2CC3CC2N(C(=O)c2ncccc2-c2ncccc2C)C3)nc1. The molecule has 4 amide bonds. The highest BCUT2D eigenvalue weighted by Gasteiger charge is 2.53. The third kappa shape index (κ3) is 17.2. The van der Waals surface area contributed by atoms with Gasteiger partial charge in [-0.1, -0.05) is 48.5 Å². The van der Waals surface area contributed by atoms with Crippen LogP contribution < -0.4 is 18.9 Å². The van der Waals surface area contributed by atoms with Gasteiger partial charge in [0.05, 0.1) is 52.5 Å². The molecule has 4 aliphatic carbocycles. The van der Waals surface area contributed by atoms with Gasteiger partial charge in [-0.05, 0) is 261 Å². The number of hydrogen-bond donors (Lipinski definition) is 0. The average molecular weight is 1630 g/mol. The molecular weight excluding hydrogens is 1530 g/mol. The third-order valence-electron chi connectivity index (χ3n) is 25.0. The summed E-state index contributed by atoms with van der Waals surface area (Å²) in [6.07, 6.45) is 26.9. The summed E-state index contributed by atoms with van der Waals surface area (Å²) < 4.78 is 24.8. The highest BCUT2D eigenvalue weighted by Crippen LogP contribution is 2.46. The van der Waals surface area contributed by atoms with Gasteiger partial charge in [0.2, 0.25) is 23.5 Å². The van der Waals surface area contributed by atoms with Crippen molar-refractivity contribution in [1.29, 1.82) is 0 Å². The normalized spacial score (nSPS) is 22.2. The molecule has 0 aromatic carbocycles. The summed E-state index contributed by atoms with van der Waals surface area (Å²) in [4.78, 5) is 116. The molecule has 122 heavy (non-hydrogen) atoms. The summed E-state index contributed by atoms with van der Waals surface area (Å²) in [7, 11) is 0. The van der Waals surface area contributed by atoms with Crippen molar-refractivity contribution in [2.45, 2.75) is 169 Å². The Kier molecular flexibility index (Phi) is 23.5. The van der Waals surface area contributed by atoms with Crippen molar-refractivity contribution in [2.24, 2.45) is 23.7 Å². The minimum atomic E-state index is -0.0479. The van der Waals surface area contributed by atoms with Crippen LogP contribution >= 0.6 is 0 Å². The van der Waals surface area contributed by atoms with Crippen LogP contribution in [0.5, 0.6) is 23.5 Å². The Balaban J connectivity index is 0.000000116. The Bertz CT molecular complexity index is 5580. The molecule has 12 unspecified atom stereocenters. The van der Waals surface area contributed by atoms with Gasteiger partial charge in [-0.3, -0.25) is 54.1 Å². The van der Waals surface area contributed by atoms with E-state index in [1.54, 1.807) is 49.6 Å². The van der Waals surface area contributed by atoms with E-state index in [0.717, 1.165) is 173 Å². The number of pyridine rings is 12. The Labute approximate surface area is 711 Å². The van der Waals surface area contributed by atoms with Crippen LogP contribution in [0.1, 0.15) is 149 Å². The first kappa shape index (κ1) is 81.3. The van der Waals surface area contributed by atoms with E-state index >= 15 is 0 Å².